The number of rotatable bonds is 11. The molecule has 0 rings (SSSR count). The van der Waals surface area contributed by atoms with Gasteiger partial charge >= 0.3 is 0 Å². The molecular formula is C16H32. The first-order chi connectivity index (χ1) is 7.76. The van der Waals surface area contributed by atoms with Crippen LogP contribution in [0.5, 0.6) is 0 Å². The molecule has 0 nitrogen and oxygen atoms in total. The van der Waals surface area contributed by atoms with Gasteiger partial charge in [0.05, 0.1) is 0 Å². The third kappa shape index (κ3) is 7.96. The minimum atomic E-state index is 0.812. The van der Waals surface area contributed by atoms with Crippen LogP contribution in [-0.2, 0) is 0 Å². The van der Waals surface area contributed by atoms with Gasteiger partial charge in [-0.3, -0.25) is 0 Å². The van der Waals surface area contributed by atoms with Crippen LogP contribution < -0.4 is 0 Å². The molecular weight excluding hydrogens is 192 g/mol. The Balaban J connectivity index is 3.77. The molecule has 0 spiro atoms. The second kappa shape index (κ2) is 11.2. The minimum absolute atomic E-state index is 0.812. The summed E-state index contributed by atoms with van der Waals surface area (Å²) in [4.78, 5) is 0. The molecule has 0 aliphatic carbocycles. The topological polar surface area (TPSA) is 0 Å². The lowest BCUT2D eigenvalue weighted by molar-refractivity contribution is 0.470. The number of allylic oxidation sites excluding steroid dienone is 1. The highest BCUT2D eigenvalue weighted by Crippen LogP contribution is 2.26. The molecule has 96 valence electrons. The first-order valence-corrected chi connectivity index (χ1v) is 7.43. The van der Waals surface area contributed by atoms with Crippen LogP contribution >= 0.6 is 0 Å². The van der Waals surface area contributed by atoms with Crippen molar-refractivity contribution in [3.8, 4) is 0 Å². The molecule has 0 fully saturated rings. The predicted octanol–water partition coefficient (Wildman–Crippen LogP) is 6.12. The lowest BCUT2D eigenvalue weighted by Gasteiger charge is -2.18. The SMILES string of the molecule is C=C(CCCCCC)C(CCC)CCCC. The quantitative estimate of drug-likeness (QED) is 0.293. The second-order valence-corrected chi connectivity index (χ2v) is 5.10. The molecule has 0 saturated carbocycles. The third-order valence-corrected chi connectivity index (χ3v) is 3.47. The molecule has 0 saturated heterocycles. The molecule has 1 unspecified atom stereocenters. The highest BCUT2D eigenvalue weighted by atomic mass is 14.2. The van der Waals surface area contributed by atoms with Crippen molar-refractivity contribution in [2.24, 2.45) is 5.92 Å². The van der Waals surface area contributed by atoms with E-state index in [0.29, 0.717) is 0 Å². The zero-order valence-corrected chi connectivity index (χ0v) is 11.9. The summed E-state index contributed by atoms with van der Waals surface area (Å²) in [6.45, 7) is 11.2. The predicted molar refractivity (Wildman–Crippen MR) is 75.8 cm³/mol. The fraction of sp³-hybridized carbons (Fsp3) is 0.875. The average Bonchev–Trinajstić information content (AvgIpc) is 2.29. The van der Waals surface area contributed by atoms with Gasteiger partial charge in [0.1, 0.15) is 0 Å². The highest BCUT2D eigenvalue weighted by molar-refractivity contribution is 5.00. The smallest absolute Gasteiger partial charge is 0.0206 e. The van der Waals surface area contributed by atoms with Crippen LogP contribution in [0.25, 0.3) is 0 Å². The Labute approximate surface area is 104 Å². The maximum atomic E-state index is 4.32. The number of hydrogen-bond donors (Lipinski definition) is 0. The maximum Gasteiger partial charge on any atom is -0.0206 e. The fourth-order valence-corrected chi connectivity index (χ4v) is 2.33. The van der Waals surface area contributed by atoms with Gasteiger partial charge in [-0.25, -0.2) is 0 Å². The van der Waals surface area contributed by atoms with Crippen molar-refractivity contribution >= 4 is 0 Å². The second-order valence-electron chi connectivity index (χ2n) is 5.10. The number of unbranched alkanes of at least 4 members (excludes halogenated alkanes) is 4. The highest BCUT2D eigenvalue weighted by Gasteiger charge is 2.10. The van der Waals surface area contributed by atoms with Crippen LogP contribution in [0.15, 0.2) is 12.2 Å². The van der Waals surface area contributed by atoms with Crippen LogP contribution in [0.4, 0.5) is 0 Å². The summed E-state index contributed by atoms with van der Waals surface area (Å²) in [7, 11) is 0. The molecule has 1 atom stereocenters. The van der Waals surface area contributed by atoms with E-state index in [1.165, 1.54) is 69.8 Å². The molecule has 0 aromatic rings. The van der Waals surface area contributed by atoms with Crippen molar-refractivity contribution in [3.63, 3.8) is 0 Å². The van der Waals surface area contributed by atoms with Crippen molar-refractivity contribution in [1.29, 1.82) is 0 Å². The van der Waals surface area contributed by atoms with E-state index in [-0.39, 0.29) is 0 Å². The van der Waals surface area contributed by atoms with Gasteiger partial charge in [0.2, 0.25) is 0 Å². The van der Waals surface area contributed by atoms with Crippen molar-refractivity contribution in [2.75, 3.05) is 0 Å². The van der Waals surface area contributed by atoms with E-state index in [2.05, 4.69) is 27.4 Å². The van der Waals surface area contributed by atoms with E-state index in [1.54, 1.807) is 0 Å². The van der Waals surface area contributed by atoms with Crippen molar-refractivity contribution in [2.45, 2.75) is 85.0 Å². The van der Waals surface area contributed by atoms with E-state index in [4.69, 9.17) is 0 Å². The van der Waals surface area contributed by atoms with E-state index >= 15 is 0 Å². The van der Waals surface area contributed by atoms with Crippen LogP contribution in [0.1, 0.15) is 85.0 Å². The molecule has 0 heteroatoms. The maximum absolute atomic E-state index is 4.32. The normalized spacial score (nSPS) is 12.7. The monoisotopic (exact) mass is 224 g/mol. The summed E-state index contributed by atoms with van der Waals surface area (Å²) in [5.41, 5.74) is 1.53. The van der Waals surface area contributed by atoms with Gasteiger partial charge in [0.25, 0.3) is 0 Å². The summed E-state index contributed by atoms with van der Waals surface area (Å²) < 4.78 is 0. The van der Waals surface area contributed by atoms with Crippen molar-refractivity contribution in [3.05, 3.63) is 12.2 Å². The Kier molecular flexibility index (Phi) is 11.0. The summed E-state index contributed by atoms with van der Waals surface area (Å²) in [5.74, 6) is 0.812. The minimum Gasteiger partial charge on any atom is -0.0996 e. The van der Waals surface area contributed by atoms with Crippen LogP contribution in [0, 0.1) is 5.92 Å². The molecule has 16 heavy (non-hydrogen) atoms. The van der Waals surface area contributed by atoms with E-state index < -0.39 is 0 Å². The van der Waals surface area contributed by atoms with Crippen molar-refractivity contribution < 1.29 is 0 Å². The molecule has 0 aliphatic rings. The molecule has 0 aliphatic heterocycles. The largest absolute Gasteiger partial charge is 0.0996 e. The van der Waals surface area contributed by atoms with Crippen LogP contribution in [-0.4, -0.2) is 0 Å². The molecule has 0 N–H and O–H groups in total. The summed E-state index contributed by atoms with van der Waals surface area (Å²) in [6.07, 6.45) is 13.5. The first-order valence-electron chi connectivity index (χ1n) is 7.43. The average molecular weight is 224 g/mol. The lowest BCUT2D eigenvalue weighted by Crippen LogP contribution is -2.03. The van der Waals surface area contributed by atoms with E-state index in [1.807, 2.05) is 0 Å². The zero-order chi connectivity index (χ0) is 12.2. The summed E-state index contributed by atoms with van der Waals surface area (Å²) >= 11 is 0. The fourth-order valence-electron chi connectivity index (χ4n) is 2.33. The van der Waals surface area contributed by atoms with Crippen molar-refractivity contribution in [1.82, 2.24) is 0 Å². The van der Waals surface area contributed by atoms with Gasteiger partial charge in [0.15, 0.2) is 0 Å². The Morgan fingerprint density at radius 3 is 2.06 bits per heavy atom. The zero-order valence-electron chi connectivity index (χ0n) is 11.9. The van der Waals surface area contributed by atoms with Gasteiger partial charge < -0.3 is 0 Å². The van der Waals surface area contributed by atoms with Gasteiger partial charge in [-0.1, -0.05) is 71.4 Å². The van der Waals surface area contributed by atoms with Gasteiger partial charge in [-0.05, 0) is 31.6 Å². The van der Waals surface area contributed by atoms with E-state index in [9.17, 15) is 0 Å². The third-order valence-electron chi connectivity index (χ3n) is 3.47. The molecule has 0 amide bonds. The Morgan fingerprint density at radius 2 is 1.50 bits per heavy atom. The van der Waals surface area contributed by atoms with Gasteiger partial charge in [-0.2, -0.15) is 0 Å². The molecule has 0 heterocycles. The summed E-state index contributed by atoms with van der Waals surface area (Å²) in [6, 6.07) is 0. The van der Waals surface area contributed by atoms with Crippen LogP contribution in [0.2, 0.25) is 0 Å². The molecule has 0 bridgehead atoms. The molecule has 0 radical (unpaired) electrons. The standard InChI is InChI=1S/C16H32/c1-5-8-10-11-13-15(4)16(12-7-3)14-9-6-2/h16H,4-14H2,1-3H3. The van der Waals surface area contributed by atoms with Gasteiger partial charge in [-0.15, -0.1) is 0 Å². The Morgan fingerprint density at radius 1 is 0.812 bits per heavy atom. The molecule has 0 aromatic heterocycles. The van der Waals surface area contributed by atoms with E-state index in [0.717, 1.165) is 5.92 Å². The van der Waals surface area contributed by atoms with Crippen LogP contribution in [0.3, 0.4) is 0 Å². The summed E-state index contributed by atoms with van der Waals surface area (Å²) in [5, 5.41) is 0. The lowest BCUT2D eigenvalue weighted by atomic mass is 9.87. The van der Waals surface area contributed by atoms with Gasteiger partial charge in [0, 0.05) is 0 Å². The Bertz CT molecular complexity index is 157. The molecule has 0 aromatic carbocycles. The Hall–Kier alpha value is -0.260. The first kappa shape index (κ1) is 15.7. The number of hydrogen-bond acceptors (Lipinski definition) is 0.